The molecule has 24 heavy (non-hydrogen) atoms. The summed E-state index contributed by atoms with van der Waals surface area (Å²) in [6.45, 7) is 4.39. The molecule has 128 valence electrons. The predicted octanol–water partition coefficient (Wildman–Crippen LogP) is 1.96. The highest BCUT2D eigenvalue weighted by molar-refractivity contribution is 5.44. The minimum absolute atomic E-state index is 0.397. The Morgan fingerprint density at radius 1 is 1.29 bits per heavy atom. The molecule has 0 aromatic carbocycles. The van der Waals surface area contributed by atoms with E-state index in [9.17, 15) is 8.78 Å². The van der Waals surface area contributed by atoms with E-state index >= 15 is 0 Å². The van der Waals surface area contributed by atoms with Crippen molar-refractivity contribution in [3.63, 3.8) is 0 Å². The van der Waals surface area contributed by atoms with Crippen molar-refractivity contribution in [2.45, 2.75) is 26.0 Å². The molecular formula is C16H19F2N5O. The molecule has 0 bridgehead atoms. The lowest BCUT2D eigenvalue weighted by molar-refractivity contribution is 0.0797. The summed E-state index contributed by atoms with van der Waals surface area (Å²) >= 11 is 0. The van der Waals surface area contributed by atoms with Crippen LogP contribution in [0.1, 0.15) is 18.2 Å². The van der Waals surface area contributed by atoms with Crippen LogP contribution in [0.15, 0.2) is 24.5 Å². The van der Waals surface area contributed by atoms with Gasteiger partial charge in [0.15, 0.2) is 0 Å². The summed E-state index contributed by atoms with van der Waals surface area (Å²) in [4.78, 5) is 6.35. The van der Waals surface area contributed by atoms with Gasteiger partial charge in [-0.15, -0.1) is 5.10 Å². The van der Waals surface area contributed by atoms with Gasteiger partial charge in [0, 0.05) is 25.9 Å². The van der Waals surface area contributed by atoms with E-state index in [1.54, 1.807) is 10.9 Å². The molecule has 0 amide bonds. The van der Waals surface area contributed by atoms with E-state index in [4.69, 9.17) is 4.74 Å². The number of anilines is 1. The van der Waals surface area contributed by atoms with Gasteiger partial charge in [0.1, 0.15) is 11.5 Å². The second-order valence-corrected chi connectivity index (χ2v) is 6.36. The van der Waals surface area contributed by atoms with Crippen molar-refractivity contribution >= 4 is 5.82 Å². The van der Waals surface area contributed by atoms with Crippen LogP contribution < -0.4 is 4.90 Å². The first-order valence-corrected chi connectivity index (χ1v) is 8.12. The molecule has 2 aromatic heterocycles. The molecule has 2 fully saturated rings. The third-order valence-corrected chi connectivity index (χ3v) is 4.72. The van der Waals surface area contributed by atoms with Gasteiger partial charge in [-0.2, -0.15) is 0 Å². The number of rotatable bonds is 6. The maximum absolute atomic E-state index is 13.2. The first-order valence-electron chi connectivity index (χ1n) is 8.12. The fourth-order valence-corrected chi connectivity index (χ4v) is 3.27. The number of hydrogen-bond donors (Lipinski definition) is 0. The highest BCUT2D eigenvalue weighted by Crippen LogP contribution is 2.59. The number of aromatic nitrogens is 4. The number of ether oxygens (including phenoxy) is 1. The number of alkyl halides is 2. The second-order valence-electron chi connectivity index (χ2n) is 6.36. The van der Waals surface area contributed by atoms with Crippen LogP contribution in [0.2, 0.25) is 0 Å². The summed E-state index contributed by atoms with van der Waals surface area (Å²) in [7, 11) is 0. The SMILES string of the molecule is CCOCc1cn(Cc2ccc(N3CC4C(C3)C4(F)F)nc2)nn1. The summed E-state index contributed by atoms with van der Waals surface area (Å²) < 4.78 is 33.5. The molecule has 0 radical (unpaired) electrons. The van der Waals surface area contributed by atoms with Crippen LogP contribution in [-0.4, -0.2) is 45.6 Å². The Kier molecular flexibility index (Phi) is 3.71. The fraction of sp³-hybridized carbons (Fsp3) is 0.562. The average molecular weight is 335 g/mol. The third kappa shape index (κ3) is 2.75. The van der Waals surface area contributed by atoms with Crippen LogP contribution in [0, 0.1) is 11.8 Å². The van der Waals surface area contributed by atoms with Crippen molar-refractivity contribution in [3.05, 3.63) is 35.8 Å². The van der Waals surface area contributed by atoms with E-state index in [0.29, 0.717) is 32.8 Å². The Morgan fingerprint density at radius 3 is 2.75 bits per heavy atom. The van der Waals surface area contributed by atoms with Crippen LogP contribution in [0.5, 0.6) is 0 Å². The molecule has 6 nitrogen and oxygen atoms in total. The zero-order valence-corrected chi connectivity index (χ0v) is 13.4. The molecule has 3 heterocycles. The van der Waals surface area contributed by atoms with Gasteiger partial charge in [-0.1, -0.05) is 11.3 Å². The Balaban J connectivity index is 1.35. The average Bonchev–Trinajstić information content (AvgIpc) is 3.03. The van der Waals surface area contributed by atoms with Crippen LogP contribution in [0.3, 0.4) is 0 Å². The Hall–Kier alpha value is -2.09. The molecule has 2 atom stereocenters. The second kappa shape index (κ2) is 5.77. The van der Waals surface area contributed by atoms with E-state index in [-0.39, 0.29) is 0 Å². The summed E-state index contributed by atoms with van der Waals surface area (Å²) in [5, 5.41) is 8.11. The molecule has 2 unspecified atom stereocenters. The number of pyridine rings is 1. The number of halogens is 2. The van der Waals surface area contributed by atoms with Gasteiger partial charge in [-0.05, 0) is 18.6 Å². The van der Waals surface area contributed by atoms with Gasteiger partial charge >= 0.3 is 0 Å². The third-order valence-electron chi connectivity index (χ3n) is 4.72. The monoisotopic (exact) mass is 335 g/mol. The lowest BCUT2D eigenvalue weighted by Gasteiger charge is -2.20. The van der Waals surface area contributed by atoms with Crippen LogP contribution in [-0.2, 0) is 17.9 Å². The van der Waals surface area contributed by atoms with Crippen molar-refractivity contribution in [1.29, 1.82) is 0 Å². The fourth-order valence-electron chi connectivity index (χ4n) is 3.27. The largest absolute Gasteiger partial charge is 0.375 e. The first-order chi connectivity index (χ1) is 11.6. The van der Waals surface area contributed by atoms with E-state index in [1.165, 1.54) is 0 Å². The minimum atomic E-state index is -2.46. The lowest BCUT2D eigenvalue weighted by Crippen LogP contribution is -2.28. The predicted molar refractivity (Wildman–Crippen MR) is 82.8 cm³/mol. The first kappa shape index (κ1) is 15.4. The molecule has 0 spiro atoms. The smallest absolute Gasteiger partial charge is 0.258 e. The van der Waals surface area contributed by atoms with Crippen LogP contribution in [0.25, 0.3) is 0 Å². The Labute approximate surface area is 138 Å². The molecule has 1 aliphatic heterocycles. The summed E-state index contributed by atoms with van der Waals surface area (Å²) in [6, 6.07) is 3.84. The standard InChI is InChI=1S/C16H19F2N5O/c1-2-24-10-12-7-23(21-20-12)6-11-3-4-15(19-5-11)22-8-13-14(9-22)16(13,17)18/h3-5,7,13-14H,2,6,8-10H2,1H3. The van der Waals surface area contributed by atoms with Gasteiger partial charge < -0.3 is 9.64 Å². The van der Waals surface area contributed by atoms with Crippen LogP contribution in [0.4, 0.5) is 14.6 Å². The molecule has 1 saturated carbocycles. The number of nitrogens with zero attached hydrogens (tertiary/aromatic N) is 5. The quantitative estimate of drug-likeness (QED) is 0.808. The highest BCUT2D eigenvalue weighted by atomic mass is 19.3. The molecule has 2 aromatic rings. The highest BCUT2D eigenvalue weighted by Gasteiger charge is 2.71. The van der Waals surface area contributed by atoms with Crippen molar-refractivity contribution in [2.24, 2.45) is 11.8 Å². The molecule has 8 heteroatoms. The van der Waals surface area contributed by atoms with Gasteiger partial charge in [0.25, 0.3) is 5.92 Å². The summed E-state index contributed by atoms with van der Waals surface area (Å²) in [5.41, 5.74) is 1.78. The molecule has 0 N–H and O–H groups in total. The maximum atomic E-state index is 13.2. The normalized spacial score (nSPS) is 24.2. The number of fused-ring (bicyclic) bond motifs is 1. The van der Waals surface area contributed by atoms with Gasteiger partial charge in [-0.25, -0.2) is 18.4 Å². The van der Waals surface area contributed by atoms with Crippen molar-refractivity contribution < 1.29 is 13.5 Å². The van der Waals surface area contributed by atoms with E-state index in [1.807, 2.05) is 30.2 Å². The molecule has 1 aliphatic carbocycles. The summed E-state index contributed by atoms with van der Waals surface area (Å²) in [5.74, 6) is -2.67. The van der Waals surface area contributed by atoms with E-state index in [0.717, 1.165) is 17.1 Å². The number of piperidine rings is 1. The topological polar surface area (TPSA) is 56.1 Å². The van der Waals surface area contributed by atoms with Gasteiger partial charge in [0.05, 0.1) is 31.2 Å². The van der Waals surface area contributed by atoms with Crippen molar-refractivity contribution in [3.8, 4) is 0 Å². The summed E-state index contributed by atoms with van der Waals surface area (Å²) in [6.07, 6.45) is 3.61. The van der Waals surface area contributed by atoms with Gasteiger partial charge in [0.2, 0.25) is 0 Å². The van der Waals surface area contributed by atoms with Crippen molar-refractivity contribution in [1.82, 2.24) is 20.0 Å². The zero-order valence-electron chi connectivity index (χ0n) is 13.4. The maximum Gasteiger partial charge on any atom is 0.258 e. The minimum Gasteiger partial charge on any atom is -0.375 e. The lowest BCUT2D eigenvalue weighted by atomic mass is 10.2. The molecular weight excluding hydrogens is 316 g/mol. The molecule has 4 rings (SSSR count). The van der Waals surface area contributed by atoms with Crippen molar-refractivity contribution in [2.75, 3.05) is 24.6 Å². The molecule has 1 saturated heterocycles. The Morgan fingerprint density at radius 2 is 2.08 bits per heavy atom. The van der Waals surface area contributed by atoms with Crippen LogP contribution >= 0.6 is 0 Å². The Bertz CT molecular complexity index is 704. The number of hydrogen-bond acceptors (Lipinski definition) is 5. The molecule has 2 aliphatic rings. The van der Waals surface area contributed by atoms with E-state index in [2.05, 4.69) is 15.3 Å². The van der Waals surface area contributed by atoms with Gasteiger partial charge in [-0.3, -0.25) is 0 Å². The zero-order chi connectivity index (χ0) is 16.7. The van der Waals surface area contributed by atoms with E-state index < -0.39 is 17.8 Å².